The molecule has 0 radical (unpaired) electrons. The zero-order valence-corrected chi connectivity index (χ0v) is 16.1. The summed E-state index contributed by atoms with van der Waals surface area (Å²) >= 11 is 11.6. The molecule has 1 heterocycles. The van der Waals surface area contributed by atoms with E-state index in [1.54, 1.807) is 0 Å². The van der Waals surface area contributed by atoms with Crippen LogP contribution >= 0.6 is 23.8 Å². The molecular weight excluding hydrogens is 338 g/mol. The molecule has 0 unspecified atom stereocenters. The fraction of sp³-hybridized carbons (Fsp3) is 0.632. The largest absolute Gasteiger partial charge is 0.349 e. The minimum absolute atomic E-state index is 0.707. The topological polar surface area (TPSA) is 18.5 Å². The Morgan fingerprint density at radius 2 is 1.79 bits per heavy atom. The van der Waals surface area contributed by atoms with Gasteiger partial charge in [-0.05, 0) is 63.1 Å². The van der Waals surface area contributed by atoms with Gasteiger partial charge in [-0.3, -0.25) is 0 Å². The van der Waals surface area contributed by atoms with Crippen LogP contribution in [0.5, 0.6) is 0 Å². The molecule has 1 N–H and O–H groups in total. The quantitative estimate of drug-likeness (QED) is 0.777. The number of benzene rings is 1. The van der Waals surface area contributed by atoms with Gasteiger partial charge in [-0.25, -0.2) is 0 Å². The molecule has 1 aliphatic carbocycles. The highest BCUT2D eigenvalue weighted by Crippen LogP contribution is 2.26. The Morgan fingerprint density at radius 3 is 2.46 bits per heavy atom. The number of anilines is 1. The van der Waals surface area contributed by atoms with Crippen molar-refractivity contribution < 1.29 is 0 Å². The highest BCUT2D eigenvalue weighted by molar-refractivity contribution is 7.80. The summed E-state index contributed by atoms with van der Waals surface area (Å²) in [5.41, 5.74) is 0.967. The Balaban J connectivity index is 1.48. The highest BCUT2D eigenvalue weighted by Gasteiger charge is 2.28. The molecule has 0 aromatic heterocycles. The average molecular weight is 366 g/mol. The van der Waals surface area contributed by atoms with Gasteiger partial charge < -0.3 is 15.1 Å². The molecular formula is C19H28ClN3S. The number of likely N-dealkylation sites (tertiary alicyclic amines) is 1. The van der Waals surface area contributed by atoms with E-state index in [1.165, 1.54) is 44.9 Å². The summed E-state index contributed by atoms with van der Waals surface area (Å²) in [6.45, 7) is 2.07. The monoisotopic (exact) mass is 365 g/mol. The van der Waals surface area contributed by atoms with Crippen LogP contribution in [0.25, 0.3) is 0 Å². The van der Waals surface area contributed by atoms with Gasteiger partial charge >= 0.3 is 0 Å². The maximum Gasteiger partial charge on any atom is 0.173 e. The number of nitrogens with one attached hydrogen (secondary N) is 1. The molecule has 5 heteroatoms. The summed E-state index contributed by atoms with van der Waals surface area (Å²) < 4.78 is 0. The van der Waals surface area contributed by atoms with E-state index in [-0.39, 0.29) is 0 Å². The van der Waals surface area contributed by atoms with Crippen molar-refractivity contribution in [1.29, 1.82) is 0 Å². The van der Waals surface area contributed by atoms with Crippen LogP contribution in [-0.2, 0) is 0 Å². The Bertz CT molecular complexity index is 551. The summed E-state index contributed by atoms with van der Waals surface area (Å²) in [7, 11) is 2.33. The molecule has 3 rings (SSSR count). The average Bonchev–Trinajstić information content (AvgIpc) is 2.62. The Labute approximate surface area is 156 Å². The van der Waals surface area contributed by atoms with E-state index < -0.39 is 0 Å². The normalized spacial score (nSPS) is 20.4. The van der Waals surface area contributed by atoms with Crippen molar-refractivity contribution >= 4 is 34.6 Å². The Morgan fingerprint density at radius 1 is 1.12 bits per heavy atom. The van der Waals surface area contributed by atoms with Crippen molar-refractivity contribution in [1.82, 2.24) is 9.80 Å². The Kier molecular flexibility index (Phi) is 6.37. The summed E-state index contributed by atoms with van der Waals surface area (Å²) in [5.74, 6) is 0. The summed E-state index contributed by atoms with van der Waals surface area (Å²) in [5, 5.41) is 4.87. The minimum Gasteiger partial charge on any atom is -0.349 e. The van der Waals surface area contributed by atoms with Crippen LogP contribution in [0.15, 0.2) is 24.3 Å². The van der Waals surface area contributed by atoms with Gasteiger partial charge in [0.2, 0.25) is 0 Å². The predicted octanol–water partition coefficient (Wildman–Crippen LogP) is 4.77. The zero-order chi connectivity index (χ0) is 16.9. The Hall–Kier alpha value is -0.840. The third-order valence-corrected chi connectivity index (χ3v) is 6.15. The molecule has 0 bridgehead atoms. The highest BCUT2D eigenvalue weighted by atomic mass is 35.5. The second kappa shape index (κ2) is 8.50. The number of rotatable bonds is 3. The lowest BCUT2D eigenvalue weighted by atomic mass is 9.92. The molecule has 0 spiro atoms. The first-order valence-corrected chi connectivity index (χ1v) is 9.95. The van der Waals surface area contributed by atoms with Crippen LogP contribution in [0.1, 0.15) is 44.9 Å². The van der Waals surface area contributed by atoms with E-state index in [0.29, 0.717) is 6.04 Å². The SMILES string of the molecule is CN(C1CCCCC1)C1CCN(C(=S)Nc2cccc(Cl)c2)CC1. The van der Waals surface area contributed by atoms with E-state index in [2.05, 4.69) is 22.2 Å². The molecule has 132 valence electrons. The summed E-state index contributed by atoms with van der Waals surface area (Å²) in [6.07, 6.45) is 9.39. The van der Waals surface area contributed by atoms with E-state index in [4.69, 9.17) is 23.8 Å². The molecule has 1 aromatic rings. The predicted molar refractivity (Wildman–Crippen MR) is 107 cm³/mol. The van der Waals surface area contributed by atoms with E-state index in [1.807, 2.05) is 24.3 Å². The first kappa shape index (κ1) is 18.0. The van der Waals surface area contributed by atoms with Crippen LogP contribution in [-0.4, -0.2) is 47.1 Å². The van der Waals surface area contributed by atoms with Gasteiger partial charge in [0.1, 0.15) is 0 Å². The van der Waals surface area contributed by atoms with Crippen molar-refractivity contribution in [2.75, 3.05) is 25.5 Å². The van der Waals surface area contributed by atoms with Crippen LogP contribution in [0.4, 0.5) is 5.69 Å². The molecule has 24 heavy (non-hydrogen) atoms. The van der Waals surface area contributed by atoms with Gasteiger partial charge in [-0.1, -0.05) is 36.9 Å². The van der Waals surface area contributed by atoms with Crippen molar-refractivity contribution in [3.63, 3.8) is 0 Å². The van der Waals surface area contributed by atoms with Crippen molar-refractivity contribution in [3.05, 3.63) is 29.3 Å². The number of thiocarbonyl (C=S) groups is 1. The fourth-order valence-electron chi connectivity index (χ4n) is 4.03. The van der Waals surface area contributed by atoms with Gasteiger partial charge in [-0.2, -0.15) is 0 Å². The molecule has 2 fully saturated rings. The van der Waals surface area contributed by atoms with E-state index in [9.17, 15) is 0 Å². The van der Waals surface area contributed by atoms with Crippen LogP contribution < -0.4 is 5.32 Å². The second-order valence-electron chi connectivity index (χ2n) is 7.12. The van der Waals surface area contributed by atoms with Crippen molar-refractivity contribution in [2.24, 2.45) is 0 Å². The second-order valence-corrected chi connectivity index (χ2v) is 7.94. The van der Waals surface area contributed by atoms with Gasteiger partial charge in [-0.15, -0.1) is 0 Å². The maximum atomic E-state index is 6.04. The first-order chi connectivity index (χ1) is 11.6. The number of halogens is 1. The zero-order valence-electron chi connectivity index (χ0n) is 14.5. The number of nitrogens with zero attached hydrogens (tertiary/aromatic N) is 2. The van der Waals surface area contributed by atoms with E-state index >= 15 is 0 Å². The molecule has 0 atom stereocenters. The lowest BCUT2D eigenvalue weighted by Gasteiger charge is -2.42. The number of hydrogen-bond acceptors (Lipinski definition) is 2. The molecule has 1 aromatic carbocycles. The minimum atomic E-state index is 0.707. The number of piperidine rings is 1. The van der Waals surface area contributed by atoms with Crippen LogP contribution in [0.3, 0.4) is 0 Å². The van der Waals surface area contributed by atoms with Gasteiger partial charge in [0.05, 0.1) is 0 Å². The molecule has 1 saturated heterocycles. The van der Waals surface area contributed by atoms with Crippen molar-refractivity contribution in [2.45, 2.75) is 57.0 Å². The fourth-order valence-corrected chi connectivity index (χ4v) is 4.52. The lowest BCUT2D eigenvalue weighted by Crippen LogP contribution is -2.49. The van der Waals surface area contributed by atoms with Gasteiger partial charge in [0, 0.05) is 35.9 Å². The molecule has 0 amide bonds. The maximum absolute atomic E-state index is 6.04. The third kappa shape index (κ3) is 4.62. The van der Waals surface area contributed by atoms with Crippen LogP contribution in [0, 0.1) is 0 Å². The molecule has 1 saturated carbocycles. The lowest BCUT2D eigenvalue weighted by molar-refractivity contribution is 0.0985. The number of hydrogen-bond donors (Lipinski definition) is 1. The van der Waals surface area contributed by atoms with Gasteiger partial charge in [0.25, 0.3) is 0 Å². The van der Waals surface area contributed by atoms with E-state index in [0.717, 1.165) is 35.0 Å². The first-order valence-electron chi connectivity index (χ1n) is 9.17. The molecule has 1 aliphatic heterocycles. The van der Waals surface area contributed by atoms with Crippen LogP contribution in [0.2, 0.25) is 5.02 Å². The third-order valence-electron chi connectivity index (χ3n) is 5.55. The molecule has 2 aliphatic rings. The van der Waals surface area contributed by atoms with Gasteiger partial charge in [0.15, 0.2) is 5.11 Å². The summed E-state index contributed by atoms with van der Waals surface area (Å²) in [4.78, 5) is 4.95. The standard InChI is InChI=1S/C19H28ClN3S/c1-22(17-8-3-2-4-9-17)18-10-12-23(13-11-18)19(24)21-16-7-5-6-15(20)14-16/h5-7,14,17-18H,2-4,8-13H2,1H3,(H,21,24). The van der Waals surface area contributed by atoms with Crippen molar-refractivity contribution in [3.8, 4) is 0 Å². The molecule has 3 nitrogen and oxygen atoms in total. The summed E-state index contributed by atoms with van der Waals surface area (Å²) in [6, 6.07) is 9.24. The smallest absolute Gasteiger partial charge is 0.173 e.